The molecule has 3 nitrogen and oxygen atoms in total. The molecule has 0 radical (unpaired) electrons. The highest BCUT2D eigenvalue weighted by molar-refractivity contribution is 6.19. The van der Waals surface area contributed by atoms with Crippen molar-refractivity contribution in [3.8, 4) is 11.1 Å². The molecule has 0 N–H and O–H groups in total. The van der Waals surface area contributed by atoms with E-state index >= 15 is 0 Å². The lowest BCUT2D eigenvalue weighted by atomic mass is 9.91. The van der Waals surface area contributed by atoms with Crippen molar-refractivity contribution in [1.29, 1.82) is 0 Å². The molecule has 4 aromatic rings. The Morgan fingerprint density at radius 3 is 2.17 bits per heavy atom. The zero-order valence-electron chi connectivity index (χ0n) is 16.0. The van der Waals surface area contributed by atoms with Gasteiger partial charge in [-0.1, -0.05) is 78.0 Å². The van der Waals surface area contributed by atoms with Crippen LogP contribution in [0.3, 0.4) is 0 Å². The highest BCUT2D eigenvalue weighted by Gasteiger charge is 2.34. The van der Waals surface area contributed by atoms with E-state index in [4.69, 9.17) is 4.84 Å². The van der Waals surface area contributed by atoms with Crippen molar-refractivity contribution in [1.82, 2.24) is 4.98 Å². The van der Waals surface area contributed by atoms with E-state index in [9.17, 15) is 13.2 Å². The van der Waals surface area contributed by atoms with Gasteiger partial charge < -0.3 is 4.84 Å². The van der Waals surface area contributed by atoms with Gasteiger partial charge in [0.25, 0.3) is 0 Å². The molecule has 30 heavy (non-hydrogen) atoms. The highest BCUT2D eigenvalue weighted by atomic mass is 19.4. The zero-order valence-corrected chi connectivity index (χ0v) is 16.0. The molecule has 0 amide bonds. The van der Waals surface area contributed by atoms with E-state index in [1.165, 1.54) is 19.4 Å². The molecule has 3 aromatic carbocycles. The van der Waals surface area contributed by atoms with Crippen LogP contribution in [0.5, 0.6) is 0 Å². The van der Waals surface area contributed by atoms with E-state index in [1.807, 2.05) is 60.7 Å². The standard InChI is InChI=1S/C24H17F3N2O/c1-30-29-22(17-11-6-3-7-12-17)19-15-28-23-18(13-8-14-20(23)24(25,26)27)21(19)16-9-4-2-5-10-16/h2-15H,1H3. The minimum absolute atomic E-state index is 0.0996. The molecule has 0 aliphatic carbocycles. The number of aromatic nitrogens is 1. The van der Waals surface area contributed by atoms with Crippen molar-refractivity contribution >= 4 is 16.6 Å². The lowest BCUT2D eigenvalue weighted by Gasteiger charge is -2.17. The van der Waals surface area contributed by atoms with Gasteiger partial charge in [0.15, 0.2) is 0 Å². The van der Waals surface area contributed by atoms with Crippen molar-refractivity contribution in [2.45, 2.75) is 6.18 Å². The number of alkyl halides is 3. The molecule has 150 valence electrons. The maximum absolute atomic E-state index is 13.6. The Hall–Kier alpha value is -3.67. The van der Waals surface area contributed by atoms with E-state index in [-0.39, 0.29) is 5.52 Å². The summed E-state index contributed by atoms with van der Waals surface area (Å²) < 4.78 is 40.8. The first-order valence-electron chi connectivity index (χ1n) is 9.22. The van der Waals surface area contributed by atoms with Crippen LogP contribution in [0.25, 0.3) is 22.0 Å². The zero-order chi connectivity index (χ0) is 21.1. The van der Waals surface area contributed by atoms with Gasteiger partial charge in [0, 0.05) is 28.3 Å². The Bertz CT molecular complexity index is 1200. The van der Waals surface area contributed by atoms with Crippen LogP contribution in [0.1, 0.15) is 16.7 Å². The molecule has 1 heterocycles. The van der Waals surface area contributed by atoms with Crippen molar-refractivity contribution in [2.75, 3.05) is 7.11 Å². The number of rotatable bonds is 4. The number of oxime groups is 1. The Balaban J connectivity index is 2.09. The quantitative estimate of drug-likeness (QED) is 0.294. The lowest BCUT2D eigenvalue weighted by Crippen LogP contribution is -2.10. The van der Waals surface area contributed by atoms with Gasteiger partial charge in [-0.2, -0.15) is 13.2 Å². The average Bonchev–Trinajstić information content (AvgIpc) is 2.77. The number of para-hydroxylation sites is 1. The largest absolute Gasteiger partial charge is 0.418 e. The molecular weight excluding hydrogens is 389 g/mol. The summed E-state index contributed by atoms with van der Waals surface area (Å²) in [6, 6.07) is 22.7. The molecule has 0 aliphatic rings. The van der Waals surface area contributed by atoms with Crippen LogP contribution in [-0.4, -0.2) is 17.8 Å². The Morgan fingerprint density at radius 2 is 1.53 bits per heavy atom. The molecule has 0 fully saturated rings. The van der Waals surface area contributed by atoms with Gasteiger partial charge in [0.2, 0.25) is 0 Å². The first kappa shape index (κ1) is 19.6. The molecule has 0 aliphatic heterocycles. The average molecular weight is 406 g/mol. The number of pyridine rings is 1. The molecule has 0 bridgehead atoms. The molecule has 0 atom stereocenters. The van der Waals surface area contributed by atoms with Crippen LogP contribution in [0, 0.1) is 0 Å². The maximum Gasteiger partial charge on any atom is 0.418 e. The summed E-state index contributed by atoms with van der Waals surface area (Å²) in [5.74, 6) is 0. The number of hydrogen-bond acceptors (Lipinski definition) is 3. The van der Waals surface area contributed by atoms with Gasteiger partial charge in [-0.05, 0) is 11.6 Å². The molecule has 4 rings (SSSR count). The van der Waals surface area contributed by atoms with Gasteiger partial charge >= 0.3 is 6.18 Å². The molecule has 0 saturated heterocycles. The monoisotopic (exact) mass is 406 g/mol. The third kappa shape index (κ3) is 3.64. The SMILES string of the molecule is CON=C(c1ccccc1)c1cnc2c(C(F)(F)F)cccc2c1-c1ccccc1. The van der Waals surface area contributed by atoms with Crippen molar-refractivity contribution in [3.05, 3.63) is 102 Å². The van der Waals surface area contributed by atoms with Gasteiger partial charge in [-0.15, -0.1) is 0 Å². The predicted octanol–water partition coefficient (Wildman–Crippen LogP) is 6.32. The second-order valence-corrected chi connectivity index (χ2v) is 6.60. The molecular formula is C24H17F3N2O. The summed E-state index contributed by atoms with van der Waals surface area (Å²) in [5.41, 5.74) is 2.35. The topological polar surface area (TPSA) is 34.5 Å². The second kappa shape index (κ2) is 7.99. The van der Waals surface area contributed by atoms with E-state index in [0.717, 1.165) is 17.2 Å². The van der Waals surface area contributed by atoms with Crippen LogP contribution in [0.2, 0.25) is 0 Å². The number of nitrogens with zero attached hydrogens (tertiary/aromatic N) is 2. The smallest absolute Gasteiger partial charge is 0.399 e. The molecule has 1 aromatic heterocycles. The fraction of sp³-hybridized carbons (Fsp3) is 0.0833. The summed E-state index contributed by atoms with van der Waals surface area (Å²) in [7, 11) is 1.43. The molecule has 0 spiro atoms. The predicted molar refractivity (Wildman–Crippen MR) is 111 cm³/mol. The van der Waals surface area contributed by atoms with Crippen LogP contribution in [0.4, 0.5) is 13.2 Å². The third-order valence-electron chi connectivity index (χ3n) is 4.75. The van der Waals surface area contributed by atoms with Crippen molar-refractivity contribution in [2.24, 2.45) is 5.16 Å². The summed E-state index contributed by atoms with van der Waals surface area (Å²) in [6.45, 7) is 0. The van der Waals surface area contributed by atoms with Crippen molar-refractivity contribution in [3.63, 3.8) is 0 Å². The number of benzene rings is 3. The summed E-state index contributed by atoms with van der Waals surface area (Å²) >= 11 is 0. The highest BCUT2D eigenvalue weighted by Crippen LogP contribution is 2.39. The summed E-state index contributed by atoms with van der Waals surface area (Å²) in [5, 5.41) is 4.58. The van der Waals surface area contributed by atoms with Crippen LogP contribution in [-0.2, 0) is 11.0 Å². The maximum atomic E-state index is 13.6. The van der Waals surface area contributed by atoms with Gasteiger partial charge in [0.1, 0.15) is 12.8 Å². The fourth-order valence-corrected chi connectivity index (χ4v) is 3.49. The number of hydrogen-bond donors (Lipinski definition) is 0. The third-order valence-corrected chi connectivity index (χ3v) is 4.75. The van der Waals surface area contributed by atoms with E-state index in [2.05, 4.69) is 10.1 Å². The molecule has 6 heteroatoms. The summed E-state index contributed by atoms with van der Waals surface area (Å²) in [6.07, 6.45) is -3.07. The van der Waals surface area contributed by atoms with Crippen molar-refractivity contribution < 1.29 is 18.0 Å². The normalized spacial score (nSPS) is 12.2. The number of fused-ring (bicyclic) bond motifs is 1. The molecule has 0 saturated carbocycles. The van der Waals surface area contributed by atoms with E-state index in [0.29, 0.717) is 22.2 Å². The van der Waals surface area contributed by atoms with Crippen LogP contribution < -0.4 is 0 Å². The summed E-state index contributed by atoms with van der Waals surface area (Å²) in [4.78, 5) is 9.28. The van der Waals surface area contributed by atoms with Crippen LogP contribution in [0.15, 0.2) is 90.2 Å². The Labute approximate surface area is 171 Å². The minimum atomic E-state index is -4.51. The van der Waals surface area contributed by atoms with E-state index in [1.54, 1.807) is 6.07 Å². The lowest BCUT2D eigenvalue weighted by molar-refractivity contribution is -0.136. The van der Waals surface area contributed by atoms with Gasteiger partial charge in [-0.3, -0.25) is 4.98 Å². The first-order chi connectivity index (χ1) is 14.5. The Kier molecular flexibility index (Phi) is 5.23. The van der Waals surface area contributed by atoms with E-state index < -0.39 is 11.7 Å². The first-order valence-corrected chi connectivity index (χ1v) is 9.22. The van der Waals surface area contributed by atoms with Crippen LogP contribution >= 0.6 is 0 Å². The Morgan fingerprint density at radius 1 is 0.867 bits per heavy atom. The molecule has 0 unspecified atom stereocenters. The van der Waals surface area contributed by atoms with Gasteiger partial charge in [0.05, 0.1) is 11.1 Å². The number of halogens is 3. The second-order valence-electron chi connectivity index (χ2n) is 6.60. The minimum Gasteiger partial charge on any atom is -0.399 e. The fourth-order valence-electron chi connectivity index (χ4n) is 3.49. The van der Waals surface area contributed by atoms with Gasteiger partial charge in [-0.25, -0.2) is 0 Å².